The fraction of sp³-hybridized carbons (Fsp3) is 0.440. The lowest BCUT2D eigenvalue weighted by Crippen LogP contribution is -2.52. The fourth-order valence-electron chi connectivity index (χ4n) is 3.39. The molecule has 7 nitrogen and oxygen atoms in total. The summed E-state index contributed by atoms with van der Waals surface area (Å²) in [5, 5.41) is 3.41. The van der Waals surface area contributed by atoms with Gasteiger partial charge in [0, 0.05) is 17.6 Å². The molecule has 0 aromatic heterocycles. The van der Waals surface area contributed by atoms with Gasteiger partial charge >= 0.3 is 0 Å². The molecule has 9 heteroatoms. The molecule has 0 bridgehead atoms. The molecule has 0 aliphatic heterocycles. The quantitative estimate of drug-likeness (QED) is 0.498. The summed E-state index contributed by atoms with van der Waals surface area (Å²) in [6, 6.07) is 13.2. The number of hydrogen-bond donors (Lipinski definition) is 1. The van der Waals surface area contributed by atoms with Crippen molar-refractivity contribution in [3.8, 4) is 0 Å². The van der Waals surface area contributed by atoms with Gasteiger partial charge in [0.25, 0.3) is 0 Å². The number of halogens is 1. The Hall–Kier alpha value is -2.58. The Morgan fingerprint density at radius 1 is 1.03 bits per heavy atom. The zero-order valence-electron chi connectivity index (χ0n) is 20.4. The number of nitrogens with zero attached hydrogens (tertiary/aromatic N) is 2. The van der Waals surface area contributed by atoms with Gasteiger partial charge in [0.05, 0.1) is 11.9 Å². The van der Waals surface area contributed by atoms with Crippen LogP contribution in [-0.4, -0.2) is 50.0 Å². The number of nitrogens with one attached hydrogen (secondary N) is 1. The average molecular weight is 508 g/mol. The minimum atomic E-state index is -3.75. The molecule has 2 aromatic rings. The number of aryl methyl sites for hydroxylation is 1. The van der Waals surface area contributed by atoms with Crippen LogP contribution in [-0.2, 0) is 32.6 Å². The molecule has 0 radical (unpaired) electrons. The van der Waals surface area contributed by atoms with Crippen LogP contribution in [0.15, 0.2) is 48.5 Å². The van der Waals surface area contributed by atoms with E-state index in [1.165, 1.54) is 4.90 Å². The van der Waals surface area contributed by atoms with Gasteiger partial charge < -0.3 is 10.2 Å². The number of carbonyl (C=O) groups is 2. The van der Waals surface area contributed by atoms with E-state index in [4.69, 9.17) is 11.6 Å². The van der Waals surface area contributed by atoms with Crippen molar-refractivity contribution < 1.29 is 18.0 Å². The first-order valence-corrected chi connectivity index (χ1v) is 13.6. The highest BCUT2D eigenvalue weighted by atomic mass is 35.5. The summed E-state index contributed by atoms with van der Waals surface area (Å²) >= 11 is 6.12. The predicted molar refractivity (Wildman–Crippen MR) is 137 cm³/mol. The van der Waals surface area contributed by atoms with Gasteiger partial charge in [-0.1, -0.05) is 49.7 Å². The van der Waals surface area contributed by atoms with Gasteiger partial charge in [0.15, 0.2) is 0 Å². The first-order chi connectivity index (χ1) is 16.0. The normalized spacial score (nSPS) is 13.1. The van der Waals surface area contributed by atoms with E-state index < -0.39 is 28.5 Å². The molecule has 2 atom stereocenters. The van der Waals surface area contributed by atoms with Gasteiger partial charge in [-0.3, -0.25) is 13.9 Å². The van der Waals surface area contributed by atoms with Crippen LogP contribution in [0, 0.1) is 0 Å². The van der Waals surface area contributed by atoms with Crippen LogP contribution < -0.4 is 9.62 Å². The molecule has 0 fully saturated rings. The lowest BCUT2D eigenvalue weighted by molar-refractivity contribution is -0.139. The predicted octanol–water partition coefficient (Wildman–Crippen LogP) is 4.00. The Bertz CT molecular complexity index is 1090. The second-order valence-corrected chi connectivity index (χ2v) is 10.8. The number of hydrogen-bond acceptors (Lipinski definition) is 4. The van der Waals surface area contributed by atoms with Crippen LogP contribution in [0.25, 0.3) is 0 Å². The molecule has 1 N–H and O–H groups in total. The lowest BCUT2D eigenvalue weighted by Gasteiger charge is -2.32. The van der Waals surface area contributed by atoms with E-state index in [2.05, 4.69) is 5.32 Å². The Kier molecular flexibility index (Phi) is 9.94. The largest absolute Gasteiger partial charge is 0.352 e. The molecule has 0 heterocycles. The maximum atomic E-state index is 13.5. The van der Waals surface area contributed by atoms with E-state index in [0.717, 1.165) is 34.5 Å². The molecule has 186 valence electrons. The highest BCUT2D eigenvalue weighted by Crippen LogP contribution is 2.21. The van der Waals surface area contributed by atoms with Gasteiger partial charge in [-0.05, 0) is 62.1 Å². The topological polar surface area (TPSA) is 86.8 Å². The van der Waals surface area contributed by atoms with E-state index >= 15 is 0 Å². The Balaban J connectivity index is 2.37. The van der Waals surface area contributed by atoms with E-state index in [1.807, 2.05) is 39.0 Å². The van der Waals surface area contributed by atoms with Crippen molar-refractivity contribution in [2.75, 3.05) is 17.1 Å². The van der Waals surface area contributed by atoms with Gasteiger partial charge in [0.2, 0.25) is 21.8 Å². The number of rotatable bonds is 11. The highest BCUT2D eigenvalue weighted by Gasteiger charge is 2.30. The number of sulfonamides is 1. The van der Waals surface area contributed by atoms with Crippen molar-refractivity contribution in [2.24, 2.45) is 0 Å². The van der Waals surface area contributed by atoms with Crippen molar-refractivity contribution in [2.45, 2.75) is 59.2 Å². The van der Waals surface area contributed by atoms with Crippen LogP contribution in [0.4, 0.5) is 5.69 Å². The first kappa shape index (κ1) is 27.7. The summed E-state index contributed by atoms with van der Waals surface area (Å²) in [7, 11) is -3.75. The Labute approximate surface area is 208 Å². The SMILES string of the molecule is CCc1ccc(N(CC(=O)N(Cc2cccc(Cl)c2)C(C)C(=O)NC(C)CC)S(C)(=O)=O)cc1. The summed E-state index contributed by atoms with van der Waals surface area (Å²) < 4.78 is 26.3. The smallest absolute Gasteiger partial charge is 0.244 e. The van der Waals surface area contributed by atoms with Crippen molar-refractivity contribution in [1.82, 2.24) is 10.2 Å². The number of benzene rings is 2. The van der Waals surface area contributed by atoms with E-state index in [9.17, 15) is 18.0 Å². The Morgan fingerprint density at radius 3 is 2.21 bits per heavy atom. The third-order valence-corrected chi connectivity index (χ3v) is 7.10. The van der Waals surface area contributed by atoms with Gasteiger partial charge in [-0.2, -0.15) is 0 Å². The minimum absolute atomic E-state index is 0.0531. The van der Waals surface area contributed by atoms with Crippen LogP contribution in [0.5, 0.6) is 0 Å². The van der Waals surface area contributed by atoms with E-state index in [1.54, 1.807) is 37.3 Å². The van der Waals surface area contributed by atoms with Crippen LogP contribution >= 0.6 is 11.6 Å². The minimum Gasteiger partial charge on any atom is -0.352 e. The summed E-state index contributed by atoms with van der Waals surface area (Å²) in [5.41, 5.74) is 2.19. The third kappa shape index (κ3) is 7.74. The maximum absolute atomic E-state index is 13.5. The van der Waals surface area contributed by atoms with Gasteiger partial charge in [0.1, 0.15) is 12.6 Å². The summed E-state index contributed by atoms with van der Waals surface area (Å²) in [5.74, 6) is -0.792. The number of anilines is 1. The molecule has 2 rings (SSSR count). The van der Waals surface area contributed by atoms with Crippen molar-refractivity contribution in [3.63, 3.8) is 0 Å². The molecule has 0 spiro atoms. The molecule has 0 aliphatic carbocycles. The van der Waals surface area contributed by atoms with Crippen LogP contribution in [0.1, 0.15) is 45.2 Å². The first-order valence-electron chi connectivity index (χ1n) is 11.4. The monoisotopic (exact) mass is 507 g/mol. The highest BCUT2D eigenvalue weighted by molar-refractivity contribution is 7.92. The standard InChI is InChI=1S/C25H34ClN3O4S/c1-6-18(3)27-25(31)19(4)28(16-21-9-8-10-22(26)15-21)24(30)17-29(34(5,32)33)23-13-11-20(7-2)12-14-23/h8-15,18-19H,6-7,16-17H2,1-5H3,(H,27,31). The second-order valence-electron chi connectivity index (χ2n) is 8.44. The zero-order valence-corrected chi connectivity index (χ0v) is 22.0. The van der Waals surface area contributed by atoms with Crippen molar-refractivity contribution in [3.05, 3.63) is 64.7 Å². The van der Waals surface area contributed by atoms with Crippen molar-refractivity contribution in [1.29, 1.82) is 0 Å². The average Bonchev–Trinajstić information content (AvgIpc) is 2.79. The summed E-state index contributed by atoms with van der Waals surface area (Å²) in [6.07, 6.45) is 2.62. The second kappa shape index (κ2) is 12.2. The molecule has 34 heavy (non-hydrogen) atoms. The number of carbonyl (C=O) groups excluding carboxylic acids is 2. The Morgan fingerprint density at radius 2 is 1.68 bits per heavy atom. The summed E-state index contributed by atoms with van der Waals surface area (Å²) in [4.78, 5) is 27.8. The number of amides is 2. The molecule has 2 amide bonds. The molecule has 2 unspecified atom stereocenters. The third-order valence-electron chi connectivity index (χ3n) is 5.72. The van der Waals surface area contributed by atoms with Crippen LogP contribution in [0.2, 0.25) is 5.02 Å². The molecule has 2 aromatic carbocycles. The van der Waals surface area contributed by atoms with Gasteiger partial charge in [-0.15, -0.1) is 0 Å². The fourth-order valence-corrected chi connectivity index (χ4v) is 4.45. The summed E-state index contributed by atoms with van der Waals surface area (Å²) in [6.45, 7) is 7.18. The molecular formula is C25H34ClN3O4S. The maximum Gasteiger partial charge on any atom is 0.244 e. The molecule has 0 saturated heterocycles. The van der Waals surface area contributed by atoms with Crippen LogP contribution in [0.3, 0.4) is 0 Å². The van der Waals surface area contributed by atoms with Gasteiger partial charge in [-0.25, -0.2) is 8.42 Å². The molecule has 0 saturated carbocycles. The van der Waals surface area contributed by atoms with E-state index in [-0.39, 0.29) is 18.5 Å². The van der Waals surface area contributed by atoms with E-state index in [0.29, 0.717) is 10.7 Å². The lowest BCUT2D eigenvalue weighted by atomic mass is 10.1. The van der Waals surface area contributed by atoms with Crippen molar-refractivity contribution >= 4 is 39.1 Å². The zero-order chi connectivity index (χ0) is 25.5. The molecular weight excluding hydrogens is 474 g/mol. The molecule has 0 aliphatic rings.